The Morgan fingerprint density at radius 1 is 1.08 bits per heavy atom. The number of fused-ring (bicyclic) bond motifs is 1. The van der Waals surface area contributed by atoms with Gasteiger partial charge in [-0.15, -0.1) is 6.58 Å². The lowest BCUT2D eigenvalue weighted by molar-refractivity contribution is 0.0998. The fraction of sp³-hybridized carbons (Fsp3) is 0.154. The maximum atomic E-state index is 13.1. The number of allylic oxidation sites excluding steroid dienone is 1. The second-order valence-electron chi connectivity index (χ2n) is 7.85. The third-order valence-electron chi connectivity index (χ3n) is 5.39. The Bertz CT molecular complexity index is 1620. The summed E-state index contributed by atoms with van der Waals surface area (Å²) in [6, 6.07) is 16.3. The number of hydrogen-bond donors (Lipinski definition) is 1. The number of nitrogens with one attached hydrogen (secondary N) is 1. The van der Waals surface area contributed by atoms with Gasteiger partial charge in [0.25, 0.3) is 15.9 Å². The summed E-state index contributed by atoms with van der Waals surface area (Å²) in [7, 11) is -0.666. The van der Waals surface area contributed by atoms with Gasteiger partial charge in [-0.25, -0.2) is 8.42 Å². The van der Waals surface area contributed by atoms with Crippen molar-refractivity contribution in [3.63, 3.8) is 0 Å². The molecular formula is C26H25N3O5S2. The number of amides is 1. The second-order valence-corrected chi connectivity index (χ2v) is 10.5. The summed E-state index contributed by atoms with van der Waals surface area (Å²) < 4.78 is 41.7. The zero-order chi connectivity index (χ0) is 25.9. The number of thiazole rings is 1. The molecule has 0 radical (unpaired) electrons. The Kier molecular flexibility index (Phi) is 7.27. The van der Waals surface area contributed by atoms with E-state index < -0.39 is 15.9 Å². The Morgan fingerprint density at radius 3 is 2.44 bits per heavy atom. The molecule has 0 saturated heterocycles. The maximum Gasteiger partial charge on any atom is 0.279 e. The van der Waals surface area contributed by atoms with Gasteiger partial charge in [0.1, 0.15) is 21.7 Å². The quantitative estimate of drug-likeness (QED) is 0.336. The van der Waals surface area contributed by atoms with Gasteiger partial charge in [-0.2, -0.15) is 4.99 Å². The van der Waals surface area contributed by atoms with E-state index in [0.717, 1.165) is 15.8 Å². The minimum Gasteiger partial charge on any atom is -0.495 e. The second kappa shape index (κ2) is 10.4. The van der Waals surface area contributed by atoms with E-state index in [-0.39, 0.29) is 16.1 Å². The molecule has 1 aromatic heterocycles. The molecule has 186 valence electrons. The number of nitrogens with zero attached hydrogens (tertiary/aromatic N) is 2. The zero-order valence-electron chi connectivity index (χ0n) is 20.0. The van der Waals surface area contributed by atoms with Crippen LogP contribution >= 0.6 is 11.3 Å². The van der Waals surface area contributed by atoms with E-state index in [4.69, 9.17) is 9.47 Å². The number of rotatable bonds is 8. The lowest BCUT2D eigenvalue weighted by Crippen LogP contribution is -2.17. The summed E-state index contributed by atoms with van der Waals surface area (Å²) in [6.45, 7) is 6.09. The molecule has 3 aromatic carbocycles. The van der Waals surface area contributed by atoms with Crippen molar-refractivity contribution >= 4 is 43.2 Å². The molecule has 36 heavy (non-hydrogen) atoms. The summed E-state index contributed by atoms with van der Waals surface area (Å²) in [5.74, 6) is 0.731. The molecule has 4 rings (SSSR count). The van der Waals surface area contributed by atoms with Gasteiger partial charge in [0.15, 0.2) is 4.80 Å². The number of benzene rings is 3. The number of ether oxygens (including phenoxy) is 2. The SMILES string of the molecule is C=CCn1c(=NC(=O)c2cccc(NS(=O)(=O)c3ccc(C)cc3)c2)sc2c(OC)ccc(OC)c21. The lowest BCUT2D eigenvalue weighted by Gasteiger charge is -2.09. The normalized spacial score (nSPS) is 11.9. The number of hydrogen-bond acceptors (Lipinski definition) is 6. The predicted octanol–water partition coefficient (Wildman–Crippen LogP) is 4.76. The molecule has 0 unspecified atom stereocenters. The number of carbonyl (C=O) groups is 1. The molecule has 0 atom stereocenters. The van der Waals surface area contributed by atoms with Gasteiger partial charge in [-0.3, -0.25) is 9.52 Å². The first kappa shape index (κ1) is 25.2. The first-order valence-corrected chi connectivity index (χ1v) is 13.2. The van der Waals surface area contributed by atoms with E-state index in [2.05, 4.69) is 16.3 Å². The lowest BCUT2D eigenvalue weighted by atomic mass is 10.2. The van der Waals surface area contributed by atoms with Crippen molar-refractivity contribution in [2.24, 2.45) is 4.99 Å². The number of aryl methyl sites for hydroxylation is 1. The molecule has 0 aliphatic rings. The highest BCUT2D eigenvalue weighted by Gasteiger charge is 2.18. The summed E-state index contributed by atoms with van der Waals surface area (Å²) in [5.41, 5.74) is 2.19. The fourth-order valence-corrected chi connectivity index (χ4v) is 5.83. The first-order chi connectivity index (χ1) is 17.3. The van der Waals surface area contributed by atoms with Gasteiger partial charge in [-0.05, 0) is 49.4 Å². The Balaban J connectivity index is 1.73. The van der Waals surface area contributed by atoms with Crippen LogP contribution in [-0.2, 0) is 16.6 Å². The van der Waals surface area contributed by atoms with Crippen LogP contribution in [0.25, 0.3) is 10.2 Å². The molecule has 8 nitrogen and oxygen atoms in total. The maximum absolute atomic E-state index is 13.1. The van der Waals surface area contributed by atoms with Gasteiger partial charge in [0, 0.05) is 17.8 Å². The van der Waals surface area contributed by atoms with Crippen LogP contribution in [0.5, 0.6) is 11.5 Å². The largest absolute Gasteiger partial charge is 0.495 e. The van der Waals surface area contributed by atoms with E-state index in [1.54, 1.807) is 62.8 Å². The van der Waals surface area contributed by atoms with Crippen LogP contribution in [0.3, 0.4) is 0 Å². The van der Waals surface area contributed by atoms with Gasteiger partial charge in [-0.1, -0.05) is 41.2 Å². The van der Waals surface area contributed by atoms with Gasteiger partial charge in [0.05, 0.1) is 19.1 Å². The average molecular weight is 524 g/mol. The van der Waals surface area contributed by atoms with Crippen molar-refractivity contribution in [3.8, 4) is 11.5 Å². The summed E-state index contributed by atoms with van der Waals surface area (Å²) in [4.78, 5) is 18.1. The van der Waals surface area contributed by atoms with E-state index in [1.165, 1.54) is 29.5 Å². The van der Waals surface area contributed by atoms with E-state index >= 15 is 0 Å². The number of aromatic nitrogens is 1. The van der Waals surface area contributed by atoms with Gasteiger partial charge < -0.3 is 14.0 Å². The molecule has 0 fully saturated rings. The molecule has 0 aliphatic heterocycles. The summed E-state index contributed by atoms with van der Waals surface area (Å²) >= 11 is 1.29. The van der Waals surface area contributed by atoms with E-state index in [0.29, 0.717) is 22.8 Å². The van der Waals surface area contributed by atoms with Crippen molar-refractivity contribution in [3.05, 3.63) is 89.2 Å². The number of anilines is 1. The minimum absolute atomic E-state index is 0.133. The van der Waals surface area contributed by atoms with Crippen LogP contribution in [0.15, 0.2) is 83.2 Å². The van der Waals surface area contributed by atoms with Gasteiger partial charge >= 0.3 is 0 Å². The van der Waals surface area contributed by atoms with Crippen molar-refractivity contribution in [2.75, 3.05) is 18.9 Å². The fourth-order valence-electron chi connectivity index (χ4n) is 3.64. The molecule has 0 spiro atoms. The number of carbonyl (C=O) groups excluding carboxylic acids is 1. The van der Waals surface area contributed by atoms with Crippen LogP contribution in [0.1, 0.15) is 15.9 Å². The molecule has 0 saturated carbocycles. The molecule has 1 amide bonds. The highest BCUT2D eigenvalue weighted by Crippen LogP contribution is 2.35. The van der Waals surface area contributed by atoms with E-state index in [9.17, 15) is 13.2 Å². The highest BCUT2D eigenvalue weighted by atomic mass is 32.2. The molecule has 10 heteroatoms. The molecule has 0 bridgehead atoms. The Hall–Kier alpha value is -3.89. The van der Waals surface area contributed by atoms with Gasteiger partial charge in [0.2, 0.25) is 0 Å². The minimum atomic E-state index is -3.81. The monoisotopic (exact) mass is 523 g/mol. The molecule has 1 N–H and O–H groups in total. The topological polar surface area (TPSA) is 99.0 Å². The van der Waals surface area contributed by atoms with Crippen molar-refractivity contribution < 1.29 is 22.7 Å². The highest BCUT2D eigenvalue weighted by molar-refractivity contribution is 7.92. The molecule has 1 heterocycles. The van der Waals surface area contributed by atoms with Crippen molar-refractivity contribution in [1.82, 2.24) is 4.57 Å². The summed E-state index contributed by atoms with van der Waals surface area (Å²) in [5, 5.41) is 0. The number of methoxy groups -OCH3 is 2. The van der Waals surface area contributed by atoms with Crippen molar-refractivity contribution in [1.29, 1.82) is 0 Å². The first-order valence-electron chi connectivity index (χ1n) is 10.9. The predicted molar refractivity (Wildman–Crippen MR) is 141 cm³/mol. The molecule has 4 aromatic rings. The van der Waals surface area contributed by atoms with Crippen LogP contribution in [0, 0.1) is 6.92 Å². The van der Waals surface area contributed by atoms with Crippen molar-refractivity contribution in [2.45, 2.75) is 18.4 Å². The average Bonchev–Trinajstić information content (AvgIpc) is 3.21. The standard InChI is InChI=1S/C26H25N3O5S2/c1-5-15-29-23-21(33-3)13-14-22(34-4)24(23)35-26(29)27-25(30)18-7-6-8-19(16-18)28-36(31,32)20-11-9-17(2)10-12-20/h5-14,16,28H,1,15H2,2-4H3. The van der Waals surface area contributed by atoms with Crippen LogP contribution in [0.4, 0.5) is 5.69 Å². The van der Waals surface area contributed by atoms with E-state index in [1.807, 2.05) is 11.5 Å². The Morgan fingerprint density at radius 2 is 1.78 bits per heavy atom. The smallest absolute Gasteiger partial charge is 0.279 e. The third-order valence-corrected chi connectivity index (χ3v) is 7.88. The Labute approximate surface area is 213 Å². The zero-order valence-corrected chi connectivity index (χ0v) is 21.7. The number of sulfonamides is 1. The third kappa shape index (κ3) is 5.05. The molecule has 0 aliphatic carbocycles. The van der Waals surface area contributed by atoms with Crippen LogP contribution in [-0.4, -0.2) is 33.1 Å². The van der Waals surface area contributed by atoms with Crippen LogP contribution in [0.2, 0.25) is 0 Å². The van der Waals surface area contributed by atoms with Crippen LogP contribution < -0.4 is 19.0 Å². The molecular weight excluding hydrogens is 498 g/mol. The summed E-state index contributed by atoms with van der Waals surface area (Å²) in [6.07, 6.45) is 1.70.